The number of carbonyl (C=O) groups is 2. The Morgan fingerprint density at radius 3 is 2.62 bits per heavy atom. The number of nitrogens with two attached hydrogens (primary N) is 1. The van der Waals surface area contributed by atoms with Gasteiger partial charge >= 0.3 is 0 Å². The van der Waals surface area contributed by atoms with Crippen LogP contribution < -0.4 is 5.73 Å². The Kier molecular flexibility index (Phi) is 5.30. The van der Waals surface area contributed by atoms with Gasteiger partial charge in [-0.2, -0.15) is 0 Å². The summed E-state index contributed by atoms with van der Waals surface area (Å²) in [5.74, 6) is -0.559. The Bertz CT molecular complexity index is 530. The van der Waals surface area contributed by atoms with Crippen LogP contribution in [0, 0.1) is 0 Å². The number of unbranched alkanes of at least 4 members (excludes halogenated alkanes) is 1. The smallest absolute Gasteiger partial charge is 0.263 e. The van der Waals surface area contributed by atoms with E-state index in [1.807, 2.05) is 0 Å². The predicted octanol–water partition coefficient (Wildman–Crippen LogP) is 1.31. The van der Waals surface area contributed by atoms with Gasteiger partial charge in [-0.15, -0.1) is 0 Å². The number of fused-ring (bicyclic) bond motifs is 1. The van der Waals surface area contributed by atoms with Crippen LogP contribution in [0.15, 0.2) is 18.2 Å². The largest absolute Gasteiger partial charge is 0.398 e. The fourth-order valence-electron chi connectivity index (χ4n) is 2.28. The molecule has 0 saturated heterocycles. The van der Waals surface area contributed by atoms with Gasteiger partial charge in [-0.3, -0.25) is 14.5 Å². The summed E-state index contributed by atoms with van der Waals surface area (Å²) in [6.45, 7) is 2.10. The number of rotatable bonds is 8. The lowest BCUT2D eigenvalue weighted by molar-refractivity contribution is 0.0606. The molecule has 0 unspecified atom stereocenters. The molecule has 0 saturated carbocycles. The second kappa shape index (κ2) is 7.19. The fourth-order valence-corrected chi connectivity index (χ4v) is 2.28. The third-order valence-electron chi connectivity index (χ3n) is 3.38. The fraction of sp³-hybridized carbons (Fsp3) is 0.467. The van der Waals surface area contributed by atoms with Gasteiger partial charge in [0.25, 0.3) is 11.8 Å². The number of nitrogen functional groups attached to an aromatic ring is 1. The molecule has 6 heteroatoms. The van der Waals surface area contributed by atoms with Crippen LogP contribution >= 0.6 is 0 Å². The van der Waals surface area contributed by atoms with Crippen LogP contribution in [0.3, 0.4) is 0 Å². The van der Waals surface area contributed by atoms with E-state index >= 15 is 0 Å². The van der Waals surface area contributed by atoms with E-state index < -0.39 is 0 Å². The van der Waals surface area contributed by atoms with E-state index in [1.165, 1.54) is 4.90 Å². The molecule has 0 spiro atoms. The number of hydrogen-bond donors (Lipinski definition) is 1. The first-order valence-electron chi connectivity index (χ1n) is 6.98. The van der Waals surface area contributed by atoms with Gasteiger partial charge in [0.15, 0.2) is 0 Å². The van der Waals surface area contributed by atoms with Crippen LogP contribution in [0.4, 0.5) is 5.69 Å². The van der Waals surface area contributed by atoms with E-state index in [9.17, 15) is 9.59 Å². The van der Waals surface area contributed by atoms with Crippen LogP contribution in [-0.4, -0.2) is 50.2 Å². The number of amides is 2. The first-order chi connectivity index (χ1) is 10.2. The molecule has 2 amide bonds. The molecule has 2 rings (SSSR count). The van der Waals surface area contributed by atoms with Gasteiger partial charge < -0.3 is 15.2 Å². The Morgan fingerprint density at radius 1 is 1.10 bits per heavy atom. The summed E-state index contributed by atoms with van der Waals surface area (Å²) in [7, 11) is 1.62. The van der Waals surface area contributed by atoms with Crippen molar-refractivity contribution >= 4 is 17.5 Å². The van der Waals surface area contributed by atoms with Crippen LogP contribution in [0.2, 0.25) is 0 Å². The first-order valence-corrected chi connectivity index (χ1v) is 6.98. The molecule has 6 nitrogen and oxygen atoms in total. The zero-order valence-corrected chi connectivity index (χ0v) is 12.1. The summed E-state index contributed by atoms with van der Waals surface area (Å²) < 4.78 is 10.2. The van der Waals surface area contributed by atoms with E-state index in [0.29, 0.717) is 49.6 Å². The minimum Gasteiger partial charge on any atom is -0.398 e. The lowest BCUT2D eigenvalue weighted by Crippen LogP contribution is -2.31. The molecule has 0 aromatic heterocycles. The zero-order chi connectivity index (χ0) is 15.2. The Balaban J connectivity index is 1.82. The summed E-state index contributed by atoms with van der Waals surface area (Å²) in [6, 6.07) is 4.96. The average molecular weight is 292 g/mol. The highest BCUT2D eigenvalue weighted by molar-refractivity contribution is 6.23. The van der Waals surface area contributed by atoms with E-state index in [0.717, 1.165) is 6.42 Å². The highest BCUT2D eigenvalue weighted by Gasteiger charge is 2.36. The highest BCUT2D eigenvalue weighted by Crippen LogP contribution is 2.27. The molecule has 114 valence electrons. The second-order valence-electron chi connectivity index (χ2n) is 4.84. The summed E-state index contributed by atoms with van der Waals surface area (Å²) in [6.07, 6.45) is 1.49. The lowest BCUT2D eigenvalue weighted by atomic mass is 10.1. The number of nitrogens with zero attached hydrogens (tertiary/aromatic N) is 1. The van der Waals surface area contributed by atoms with Crippen LogP contribution in [0.1, 0.15) is 33.6 Å². The SMILES string of the molecule is COCCOCCCCN1C(=O)c2cccc(N)c2C1=O. The van der Waals surface area contributed by atoms with Crippen molar-refractivity contribution in [3.05, 3.63) is 29.3 Å². The number of imide groups is 1. The van der Waals surface area contributed by atoms with Crippen LogP contribution in [0.25, 0.3) is 0 Å². The van der Waals surface area contributed by atoms with Gasteiger partial charge in [0.1, 0.15) is 0 Å². The molecule has 0 bridgehead atoms. The van der Waals surface area contributed by atoms with Crippen molar-refractivity contribution in [3.63, 3.8) is 0 Å². The van der Waals surface area contributed by atoms with Gasteiger partial charge in [0, 0.05) is 25.9 Å². The third kappa shape index (κ3) is 3.40. The summed E-state index contributed by atoms with van der Waals surface area (Å²) in [5, 5.41) is 0. The molecule has 1 heterocycles. The lowest BCUT2D eigenvalue weighted by Gasteiger charge is -2.13. The van der Waals surface area contributed by atoms with Crippen molar-refractivity contribution in [3.8, 4) is 0 Å². The van der Waals surface area contributed by atoms with Crippen molar-refractivity contribution in [2.24, 2.45) is 0 Å². The molecule has 1 aromatic rings. The minimum absolute atomic E-state index is 0.261. The van der Waals surface area contributed by atoms with Gasteiger partial charge in [0.2, 0.25) is 0 Å². The average Bonchev–Trinajstić information content (AvgIpc) is 2.72. The van der Waals surface area contributed by atoms with E-state index in [4.69, 9.17) is 15.2 Å². The summed E-state index contributed by atoms with van der Waals surface area (Å²) in [5.41, 5.74) is 6.87. The number of ether oxygens (including phenoxy) is 2. The number of hydrogen-bond acceptors (Lipinski definition) is 5. The van der Waals surface area contributed by atoms with Crippen molar-refractivity contribution in [2.75, 3.05) is 39.2 Å². The predicted molar refractivity (Wildman–Crippen MR) is 78.2 cm³/mol. The molecule has 0 aliphatic carbocycles. The van der Waals surface area contributed by atoms with Gasteiger partial charge in [-0.1, -0.05) is 6.07 Å². The van der Waals surface area contributed by atoms with Gasteiger partial charge in [-0.25, -0.2) is 0 Å². The molecular weight excluding hydrogens is 272 g/mol. The van der Waals surface area contributed by atoms with Crippen LogP contribution in [0.5, 0.6) is 0 Å². The van der Waals surface area contributed by atoms with E-state index in [1.54, 1.807) is 25.3 Å². The second-order valence-corrected chi connectivity index (χ2v) is 4.84. The monoisotopic (exact) mass is 292 g/mol. The Labute approximate surface area is 123 Å². The Hall–Kier alpha value is -1.92. The van der Waals surface area contributed by atoms with Crippen molar-refractivity contribution in [1.29, 1.82) is 0 Å². The van der Waals surface area contributed by atoms with E-state index in [2.05, 4.69) is 0 Å². The first kappa shape index (κ1) is 15.5. The topological polar surface area (TPSA) is 81.9 Å². The maximum absolute atomic E-state index is 12.2. The molecule has 0 fully saturated rings. The molecule has 1 aliphatic heterocycles. The van der Waals surface area contributed by atoms with Crippen molar-refractivity contribution in [1.82, 2.24) is 4.90 Å². The zero-order valence-electron chi connectivity index (χ0n) is 12.1. The highest BCUT2D eigenvalue weighted by atomic mass is 16.5. The maximum Gasteiger partial charge on any atom is 0.263 e. The molecule has 1 aliphatic rings. The van der Waals surface area contributed by atoms with E-state index in [-0.39, 0.29) is 11.8 Å². The quantitative estimate of drug-likeness (QED) is 0.444. The molecule has 2 N–H and O–H groups in total. The molecule has 0 radical (unpaired) electrons. The molecular formula is C15H20N2O4. The molecule has 21 heavy (non-hydrogen) atoms. The summed E-state index contributed by atoms with van der Waals surface area (Å²) in [4.78, 5) is 25.6. The third-order valence-corrected chi connectivity index (χ3v) is 3.38. The van der Waals surface area contributed by atoms with Gasteiger partial charge in [0.05, 0.1) is 24.3 Å². The van der Waals surface area contributed by atoms with Crippen molar-refractivity contribution < 1.29 is 19.1 Å². The number of benzene rings is 1. The summed E-state index contributed by atoms with van der Waals surface area (Å²) >= 11 is 0. The van der Waals surface area contributed by atoms with Gasteiger partial charge in [-0.05, 0) is 25.0 Å². The number of carbonyl (C=O) groups excluding carboxylic acids is 2. The number of anilines is 1. The molecule has 0 atom stereocenters. The maximum atomic E-state index is 12.2. The van der Waals surface area contributed by atoms with Crippen LogP contribution in [-0.2, 0) is 9.47 Å². The standard InChI is InChI=1S/C15H20N2O4/c1-20-9-10-21-8-3-2-7-17-14(18)11-5-4-6-12(16)13(11)15(17)19/h4-6H,2-3,7-10,16H2,1H3. The normalized spacial score (nSPS) is 13.9. The minimum atomic E-state index is -0.298. The van der Waals surface area contributed by atoms with Crippen molar-refractivity contribution in [2.45, 2.75) is 12.8 Å². The Morgan fingerprint density at radius 2 is 1.90 bits per heavy atom. The molecule has 1 aromatic carbocycles. The number of methoxy groups -OCH3 is 1.